The molecule has 2 aromatic rings. The predicted octanol–water partition coefficient (Wildman–Crippen LogP) is 4.25. The number of benzene rings is 2. The Hall–Kier alpha value is -1.85. The number of hydrogen-bond acceptors (Lipinski definition) is 4. The van der Waals surface area contributed by atoms with E-state index in [-0.39, 0.29) is 5.56 Å². The van der Waals surface area contributed by atoms with E-state index >= 15 is 0 Å². The molecule has 0 aromatic heterocycles. The highest BCUT2D eigenvalue weighted by Gasteiger charge is 2.19. The van der Waals surface area contributed by atoms with Gasteiger partial charge in [-0.15, -0.1) is 0 Å². The number of ketones is 1. The highest BCUT2D eigenvalue weighted by molar-refractivity contribution is 9.10. The van der Waals surface area contributed by atoms with Crippen molar-refractivity contribution in [1.29, 1.82) is 0 Å². The summed E-state index contributed by atoms with van der Waals surface area (Å²) in [5.41, 5.74) is 0.213. The van der Waals surface area contributed by atoms with Crippen LogP contribution < -0.4 is 4.74 Å². The lowest BCUT2D eigenvalue weighted by atomic mass is 10.1. The number of carbonyl (C=O) groups excluding carboxylic acids is 2. The zero-order valence-corrected chi connectivity index (χ0v) is 13.3. The largest absolute Gasteiger partial charge is 0.463 e. The van der Waals surface area contributed by atoms with Gasteiger partial charge >= 0.3 is 5.97 Å². The Morgan fingerprint density at radius 2 is 1.67 bits per heavy atom. The van der Waals surface area contributed by atoms with Crippen LogP contribution in [0.5, 0.6) is 11.5 Å². The highest BCUT2D eigenvalue weighted by atomic mass is 79.9. The first-order chi connectivity index (χ1) is 10.0. The van der Waals surface area contributed by atoms with Gasteiger partial charge in [0, 0.05) is 15.1 Å². The van der Waals surface area contributed by atoms with Crippen molar-refractivity contribution in [1.82, 2.24) is 0 Å². The molecule has 4 nitrogen and oxygen atoms in total. The van der Waals surface area contributed by atoms with E-state index in [0.29, 0.717) is 21.0 Å². The Labute approximate surface area is 134 Å². The van der Waals surface area contributed by atoms with Gasteiger partial charge in [-0.25, -0.2) is 4.79 Å². The summed E-state index contributed by atoms with van der Waals surface area (Å²) in [5, 5.41) is 0.613. The molecule has 6 heteroatoms. The Bertz CT molecular complexity index is 683. The van der Waals surface area contributed by atoms with Crippen molar-refractivity contribution in [2.75, 3.05) is 7.11 Å². The van der Waals surface area contributed by atoms with Crippen LogP contribution in [0.15, 0.2) is 46.9 Å². The molecule has 0 N–H and O–H groups in total. The first kappa shape index (κ1) is 15.5. The number of methoxy groups -OCH3 is 1. The lowest BCUT2D eigenvalue weighted by Gasteiger charge is -2.08. The van der Waals surface area contributed by atoms with E-state index in [4.69, 9.17) is 16.3 Å². The monoisotopic (exact) mass is 368 g/mol. The van der Waals surface area contributed by atoms with Crippen molar-refractivity contribution < 1.29 is 19.1 Å². The molecule has 2 aromatic carbocycles. The molecule has 0 spiro atoms. The van der Waals surface area contributed by atoms with E-state index in [2.05, 4.69) is 20.7 Å². The van der Waals surface area contributed by atoms with E-state index in [1.165, 1.54) is 6.07 Å². The SMILES string of the molecule is COC(=O)C(=O)c1ccc(Oc2ccc(Cl)cc2)cc1Br. The maximum atomic E-state index is 11.7. The van der Waals surface area contributed by atoms with E-state index in [1.807, 2.05) is 0 Å². The number of ether oxygens (including phenoxy) is 2. The molecule has 21 heavy (non-hydrogen) atoms. The Balaban J connectivity index is 2.21. The summed E-state index contributed by atoms with van der Waals surface area (Å²) >= 11 is 9.04. The molecule has 0 heterocycles. The van der Waals surface area contributed by atoms with Gasteiger partial charge < -0.3 is 9.47 Å². The van der Waals surface area contributed by atoms with Crippen LogP contribution in [0.2, 0.25) is 5.02 Å². The Morgan fingerprint density at radius 1 is 1.05 bits per heavy atom. The summed E-state index contributed by atoms with van der Waals surface area (Å²) in [6, 6.07) is 11.6. The zero-order chi connectivity index (χ0) is 15.4. The lowest BCUT2D eigenvalue weighted by Crippen LogP contribution is -2.16. The average Bonchev–Trinajstić information content (AvgIpc) is 2.48. The molecule has 0 unspecified atom stereocenters. The molecule has 0 bridgehead atoms. The van der Waals surface area contributed by atoms with Gasteiger partial charge in [-0.2, -0.15) is 0 Å². The summed E-state index contributed by atoms with van der Waals surface area (Å²) in [7, 11) is 1.16. The van der Waals surface area contributed by atoms with E-state index < -0.39 is 11.8 Å². The van der Waals surface area contributed by atoms with Crippen molar-refractivity contribution in [2.45, 2.75) is 0 Å². The van der Waals surface area contributed by atoms with Gasteiger partial charge in [0.15, 0.2) is 0 Å². The molecule has 0 saturated carbocycles. The maximum Gasteiger partial charge on any atom is 0.379 e. The molecular formula is C15H10BrClO4. The molecule has 0 saturated heterocycles. The minimum atomic E-state index is -0.915. The third-order valence-corrected chi connectivity index (χ3v) is 3.51. The first-order valence-electron chi connectivity index (χ1n) is 5.87. The number of halogens is 2. The fourth-order valence-electron chi connectivity index (χ4n) is 1.58. The normalized spacial score (nSPS) is 10.0. The second-order valence-electron chi connectivity index (χ2n) is 4.02. The van der Waals surface area contributed by atoms with Crippen LogP contribution in [0.1, 0.15) is 10.4 Å². The predicted molar refractivity (Wildman–Crippen MR) is 82.0 cm³/mol. The van der Waals surface area contributed by atoms with Crippen molar-refractivity contribution in [2.24, 2.45) is 0 Å². The minimum Gasteiger partial charge on any atom is -0.463 e. The number of hydrogen-bond donors (Lipinski definition) is 0. The number of carbonyl (C=O) groups is 2. The van der Waals surface area contributed by atoms with Crippen molar-refractivity contribution in [3.05, 3.63) is 57.5 Å². The maximum absolute atomic E-state index is 11.7. The summed E-state index contributed by atoms with van der Waals surface area (Å²) in [6.07, 6.45) is 0. The van der Waals surface area contributed by atoms with Crippen LogP contribution in [0, 0.1) is 0 Å². The molecule has 0 amide bonds. The molecule has 0 aliphatic rings. The van der Waals surface area contributed by atoms with Gasteiger partial charge in [-0.1, -0.05) is 11.6 Å². The second kappa shape index (κ2) is 6.74. The summed E-state index contributed by atoms with van der Waals surface area (Å²) in [6.45, 7) is 0. The molecule has 0 aliphatic heterocycles. The van der Waals surface area contributed by atoms with Gasteiger partial charge in [0.1, 0.15) is 11.5 Å². The van der Waals surface area contributed by atoms with E-state index in [0.717, 1.165) is 7.11 Å². The van der Waals surface area contributed by atoms with Crippen LogP contribution in [-0.2, 0) is 9.53 Å². The third kappa shape index (κ3) is 3.83. The van der Waals surface area contributed by atoms with Gasteiger partial charge in [0.05, 0.1) is 7.11 Å². The molecule has 2 rings (SSSR count). The van der Waals surface area contributed by atoms with Crippen LogP contribution in [-0.4, -0.2) is 18.9 Å². The molecule has 0 atom stereocenters. The highest BCUT2D eigenvalue weighted by Crippen LogP contribution is 2.28. The van der Waals surface area contributed by atoms with Crippen LogP contribution in [0.3, 0.4) is 0 Å². The molecule has 108 valence electrons. The van der Waals surface area contributed by atoms with Gasteiger partial charge in [0.2, 0.25) is 0 Å². The van der Waals surface area contributed by atoms with Gasteiger partial charge in [0.25, 0.3) is 5.78 Å². The minimum absolute atomic E-state index is 0.213. The lowest BCUT2D eigenvalue weighted by molar-refractivity contribution is -0.135. The first-order valence-corrected chi connectivity index (χ1v) is 7.04. The van der Waals surface area contributed by atoms with E-state index in [1.54, 1.807) is 36.4 Å². The quantitative estimate of drug-likeness (QED) is 0.459. The molecule has 0 fully saturated rings. The topological polar surface area (TPSA) is 52.6 Å². The van der Waals surface area contributed by atoms with Crippen molar-refractivity contribution in [3.8, 4) is 11.5 Å². The number of esters is 1. The summed E-state index contributed by atoms with van der Waals surface area (Å²) < 4.78 is 10.5. The van der Waals surface area contributed by atoms with Crippen molar-refractivity contribution >= 4 is 39.3 Å². The molecule has 0 aliphatic carbocycles. The Kier molecular flexibility index (Phi) is 4.98. The number of Topliss-reactive ketones (excluding diaryl/α,β-unsaturated/α-hetero) is 1. The smallest absolute Gasteiger partial charge is 0.379 e. The molecular weight excluding hydrogens is 360 g/mol. The third-order valence-electron chi connectivity index (χ3n) is 2.61. The summed E-state index contributed by atoms with van der Waals surface area (Å²) in [5.74, 6) is -0.506. The van der Waals surface area contributed by atoms with Gasteiger partial charge in [-0.05, 0) is 58.4 Å². The standard InChI is InChI=1S/C15H10BrClO4/c1-20-15(19)14(18)12-7-6-11(8-13(12)16)21-10-4-2-9(17)3-5-10/h2-8H,1H3. The fourth-order valence-corrected chi connectivity index (χ4v) is 2.25. The van der Waals surface area contributed by atoms with Gasteiger partial charge in [-0.3, -0.25) is 4.79 Å². The number of rotatable bonds is 4. The summed E-state index contributed by atoms with van der Waals surface area (Å²) in [4.78, 5) is 23.0. The second-order valence-corrected chi connectivity index (χ2v) is 5.31. The zero-order valence-electron chi connectivity index (χ0n) is 10.9. The Morgan fingerprint density at radius 3 is 2.24 bits per heavy atom. The van der Waals surface area contributed by atoms with Crippen LogP contribution in [0.25, 0.3) is 0 Å². The van der Waals surface area contributed by atoms with Crippen molar-refractivity contribution in [3.63, 3.8) is 0 Å². The van der Waals surface area contributed by atoms with E-state index in [9.17, 15) is 9.59 Å². The average molecular weight is 370 g/mol. The fraction of sp³-hybridized carbons (Fsp3) is 0.0667. The van der Waals surface area contributed by atoms with Crippen LogP contribution in [0.4, 0.5) is 0 Å². The molecule has 0 radical (unpaired) electrons. The van der Waals surface area contributed by atoms with Crippen LogP contribution >= 0.6 is 27.5 Å².